The van der Waals surface area contributed by atoms with Crippen molar-refractivity contribution in [2.24, 2.45) is 5.92 Å². The van der Waals surface area contributed by atoms with Gasteiger partial charge in [-0.3, -0.25) is 0 Å². The van der Waals surface area contributed by atoms with Gasteiger partial charge in [0, 0.05) is 25.8 Å². The minimum absolute atomic E-state index is 0.429. The molecule has 1 saturated heterocycles. The summed E-state index contributed by atoms with van der Waals surface area (Å²) < 4.78 is 5.31. The van der Waals surface area contributed by atoms with Crippen LogP contribution >= 0.6 is 0 Å². The van der Waals surface area contributed by atoms with Crippen LogP contribution in [0.4, 0.5) is 11.6 Å². The summed E-state index contributed by atoms with van der Waals surface area (Å²) in [5, 5.41) is 0. The standard InChI is InChI=1S/C12H20N4O/c1-3-17-8-11-14-10(13)6-12(15-11)16-5-4-9(2)7-16/h6,9H,3-5,7-8H2,1-2H3,(H2,13,14,15). The van der Waals surface area contributed by atoms with E-state index in [9.17, 15) is 0 Å². The average molecular weight is 236 g/mol. The molecule has 94 valence electrons. The van der Waals surface area contributed by atoms with E-state index < -0.39 is 0 Å². The maximum atomic E-state index is 5.80. The highest BCUT2D eigenvalue weighted by Crippen LogP contribution is 2.22. The lowest BCUT2D eigenvalue weighted by molar-refractivity contribution is 0.128. The van der Waals surface area contributed by atoms with Crippen molar-refractivity contribution >= 4 is 11.6 Å². The van der Waals surface area contributed by atoms with Crippen LogP contribution < -0.4 is 10.6 Å². The zero-order valence-corrected chi connectivity index (χ0v) is 10.5. The molecule has 0 radical (unpaired) electrons. The van der Waals surface area contributed by atoms with Gasteiger partial charge in [-0.05, 0) is 19.3 Å². The second kappa shape index (κ2) is 5.31. The quantitative estimate of drug-likeness (QED) is 0.857. The van der Waals surface area contributed by atoms with E-state index >= 15 is 0 Å². The van der Waals surface area contributed by atoms with Gasteiger partial charge in [-0.25, -0.2) is 9.97 Å². The maximum Gasteiger partial charge on any atom is 0.158 e. The summed E-state index contributed by atoms with van der Waals surface area (Å²) >= 11 is 0. The number of hydrogen-bond donors (Lipinski definition) is 1. The molecule has 0 bridgehead atoms. The molecule has 2 heterocycles. The van der Waals surface area contributed by atoms with Gasteiger partial charge in [-0.2, -0.15) is 0 Å². The van der Waals surface area contributed by atoms with Gasteiger partial charge in [0.05, 0.1) is 0 Å². The van der Waals surface area contributed by atoms with E-state index in [0.29, 0.717) is 24.9 Å². The number of nitrogens with zero attached hydrogens (tertiary/aromatic N) is 3. The zero-order chi connectivity index (χ0) is 12.3. The number of anilines is 2. The highest BCUT2D eigenvalue weighted by Gasteiger charge is 2.20. The highest BCUT2D eigenvalue weighted by molar-refractivity contribution is 5.47. The third kappa shape index (κ3) is 3.06. The first-order valence-electron chi connectivity index (χ1n) is 6.15. The van der Waals surface area contributed by atoms with Crippen LogP contribution in [0.2, 0.25) is 0 Å². The molecule has 5 heteroatoms. The van der Waals surface area contributed by atoms with Gasteiger partial charge in [0.15, 0.2) is 5.82 Å². The predicted octanol–water partition coefficient (Wildman–Crippen LogP) is 1.44. The van der Waals surface area contributed by atoms with Crippen LogP contribution in [-0.2, 0) is 11.3 Å². The minimum atomic E-state index is 0.429. The van der Waals surface area contributed by atoms with Gasteiger partial charge in [0.25, 0.3) is 0 Å². The second-order valence-corrected chi connectivity index (χ2v) is 4.54. The lowest BCUT2D eigenvalue weighted by Gasteiger charge is -2.17. The summed E-state index contributed by atoms with van der Waals surface area (Å²) in [5.74, 6) is 2.84. The van der Waals surface area contributed by atoms with Crippen LogP contribution in [-0.4, -0.2) is 29.7 Å². The molecule has 2 rings (SSSR count). The Hall–Kier alpha value is -1.36. The maximum absolute atomic E-state index is 5.80. The molecule has 0 aromatic carbocycles. The average Bonchev–Trinajstić information content (AvgIpc) is 2.72. The van der Waals surface area contributed by atoms with Crippen molar-refractivity contribution in [2.75, 3.05) is 30.3 Å². The van der Waals surface area contributed by atoms with E-state index in [0.717, 1.165) is 24.8 Å². The molecule has 1 fully saturated rings. The Labute approximate surface area is 102 Å². The molecule has 1 aliphatic rings. The van der Waals surface area contributed by atoms with Crippen molar-refractivity contribution in [1.29, 1.82) is 0 Å². The third-order valence-electron chi connectivity index (χ3n) is 2.96. The molecular weight excluding hydrogens is 216 g/mol. The molecule has 1 aromatic heterocycles. The lowest BCUT2D eigenvalue weighted by Crippen LogP contribution is -2.21. The minimum Gasteiger partial charge on any atom is -0.384 e. The SMILES string of the molecule is CCOCc1nc(N)cc(N2CCC(C)C2)n1. The van der Waals surface area contributed by atoms with Crippen LogP contribution in [0.15, 0.2) is 6.07 Å². The Kier molecular flexibility index (Phi) is 3.78. The number of rotatable bonds is 4. The van der Waals surface area contributed by atoms with E-state index in [1.807, 2.05) is 13.0 Å². The first-order chi connectivity index (χ1) is 8.19. The Morgan fingerprint density at radius 3 is 3.00 bits per heavy atom. The van der Waals surface area contributed by atoms with E-state index in [-0.39, 0.29) is 0 Å². The Morgan fingerprint density at radius 1 is 1.53 bits per heavy atom. The van der Waals surface area contributed by atoms with Crippen LogP contribution in [0.5, 0.6) is 0 Å². The van der Waals surface area contributed by atoms with Gasteiger partial charge >= 0.3 is 0 Å². The summed E-state index contributed by atoms with van der Waals surface area (Å²) in [5.41, 5.74) is 5.80. The van der Waals surface area contributed by atoms with Crippen molar-refractivity contribution in [3.05, 3.63) is 11.9 Å². The Morgan fingerprint density at radius 2 is 2.35 bits per heavy atom. The molecule has 1 aliphatic heterocycles. The van der Waals surface area contributed by atoms with Gasteiger partial charge in [0.1, 0.15) is 18.2 Å². The summed E-state index contributed by atoms with van der Waals surface area (Å²) in [6.45, 7) is 7.39. The zero-order valence-electron chi connectivity index (χ0n) is 10.5. The summed E-state index contributed by atoms with van der Waals surface area (Å²) in [6, 6.07) is 1.84. The van der Waals surface area contributed by atoms with E-state index in [1.165, 1.54) is 6.42 Å². The smallest absolute Gasteiger partial charge is 0.158 e. The number of aromatic nitrogens is 2. The molecule has 0 spiro atoms. The highest BCUT2D eigenvalue weighted by atomic mass is 16.5. The Balaban J connectivity index is 2.13. The van der Waals surface area contributed by atoms with Crippen LogP contribution in [0.1, 0.15) is 26.1 Å². The van der Waals surface area contributed by atoms with Crippen LogP contribution in [0.3, 0.4) is 0 Å². The summed E-state index contributed by atoms with van der Waals surface area (Å²) in [4.78, 5) is 10.9. The molecule has 2 N–H and O–H groups in total. The largest absolute Gasteiger partial charge is 0.384 e. The van der Waals surface area contributed by atoms with E-state index in [1.54, 1.807) is 0 Å². The molecule has 1 aromatic rings. The summed E-state index contributed by atoms with van der Waals surface area (Å²) in [7, 11) is 0. The van der Waals surface area contributed by atoms with Crippen molar-refractivity contribution in [3.8, 4) is 0 Å². The first-order valence-corrected chi connectivity index (χ1v) is 6.15. The van der Waals surface area contributed by atoms with Crippen molar-refractivity contribution < 1.29 is 4.74 Å². The van der Waals surface area contributed by atoms with Crippen molar-refractivity contribution in [3.63, 3.8) is 0 Å². The molecular formula is C12H20N4O. The van der Waals surface area contributed by atoms with Gasteiger partial charge in [-0.15, -0.1) is 0 Å². The van der Waals surface area contributed by atoms with E-state index in [4.69, 9.17) is 10.5 Å². The third-order valence-corrected chi connectivity index (χ3v) is 2.96. The van der Waals surface area contributed by atoms with Gasteiger partial charge < -0.3 is 15.4 Å². The molecule has 0 saturated carbocycles. The number of hydrogen-bond acceptors (Lipinski definition) is 5. The van der Waals surface area contributed by atoms with Crippen molar-refractivity contribution in [2.45, 2.75) is 26.9 Å². The molecule has 1 atom stereocenters. The van der Waals surface area contributed by atoms with E-state index in [2.05, 4.69) is 21.8 Å². The fraction of sp³-hybridized carbons (Fsp3) is 0.667. The summed E-state index contributed by atoms with van der Waals surface area (Å²) in [6.07, 6.45) is 1.21. The number of nitrogens with two attached hydrogens (primary N) is 1. The number of ether oxygens (including phenoxy) is 1. The molecule has 0 aliphatic carbocycles. The fourth-order valence-corrected chi connectivity index (χ4v) is 2.07. The molecule has 0 amide bonds. The van der Waals surface area contributed by atoms with Crippen LogP contribution in [0, 0.1) is 5.92 Å². The molecule has 5 nitrogen and oxygen atoms in total. The topological polar surface area (TPSA) is 64.3 Å². The van der Waals surface area contributed by atoms with Gasteiger partial charge in [0.2, 0.25) is 0 Å². The normalized spacial score (nSPS) is 19.9. The predicted molar refractivity (Wildman–Crippen MR) is 67.8 cm³/mol. The molecule has 17 heavy (non-hydrogen) atoms. The van der Waals surface area contributed by atoms with Crippen LogP contribution in [0.25, 0.3) is 0 Å². The monoisotopic (exact) mass is 236 g/mol. The van der Waals surface area contributed by atoms with Gasteiger partial charge in [-0.1, -0.05) is 6.92 Å². The molecule has 1 unspecified atom stereocenters. The first kappa shape index (κ1) is 12.1. The second-order valence-electron chi connectivity index (χ2n) is 4.54. The number of nitrogen functional groups attached to an aromatic ring is 1. The fourth-order valence-electron chi connectivity index (χ4n) is 2.07. The lowest BCUT2D eigenvalue weighted by atomic mass is 10.2. The Bertz CT molecular complexity index is 383. The van der Waals surface area contributed by atoms with Crippen molar-refractivity contribution in [1.82, 2.24) is 9.97 Å².